The number of alkyl halides is 6. The van der Waals surface area contributed by atoms with Crippen LogP contribution >= 0.6 is 0 Å². The van der Waals surface area contributed by atoms with Crippen molar-refractivity contribution in [3.63, 3.8) is 0 Å². The summed E-state index contributed by atoms with van der Waals surface area (Å²) < 4.78 is 82.8. The Hall–Kier alpha value is -2.78. The number of halogens is 6. The highest BCUT2D eigenvalue weighted by atomic mass is 19.4. The van der Waals surface area contributed by atoms with Crippen LogP contribution in [0.4, 0.5) is 37.7 Å². The lowest BCUT2D eigenvalue weighted by Crippen LogP contribution is -2.54. The fourth-order valence-corrected chi connectivity index (χ4v) is 2.59. The molecule has 0 aliphatic rings. The van der Waals surface area contributed by atoms with Crippen LogP contribution in [0.25, 0.3) is 0 Å². The number of hydrogen-bond acceptors (Lipinski definition) is 4. The maximum Gasteiger partial charge on any atom is 0.411 e. The van der Waals surface area contributed by atoms with Crippen LogP contribution in [0.5, 0.6) is 11.5 Å². The Kier molecular flexibility index (Phi) is 4.19. The van der Waals surface area contributed by atoms with E-state index in [0.717, 1.165) is 12.1 Å². The van der Waals surface area contributed by atoms with Crippen LogP contribution in [0.1, 0.15) is 11.1 Å². The zero-order chi connectivity index (χ0) is 19.2. The van der Waals surface area contributed by atoms with Crippen LogP contribution in [0, 0.1) is 0 Å². The normalized spacial score (nSPS) is 13.0. The van der Waals surface area contributed by atoms with E-state index in [-0.39, 0.29) is 6.07 Å². The number of phenols is 2. The van der Waals surface area contributed by atoms with Gasteiger partial charge in [0.15, 0.2) is 0 Å². The van der Waals surface area contributed by atoms with Gasteiger partial charge in [-0.1, -0.05) is 18.2 Å². The Bertz CT molecular complexity index is 788. The molecule has 0 spiro atoms. The van der Waals surface area contributed by atoms with Crippen LogP contribution in [0.3, 0.4) is 0 Å². The SMILES string of the molecule is Nc1ccc(C(c2cccc(N)c2O)(C(F)(F)F)C(F)(F)F)cc1O. The highest BCUT2D eigenvalue weighted by Gasteiger charge is 2.73. The lowest BCUT2D eigenvalue weighted by Gasteiger charge is -2.38. The van der Waals surface area contributed by atoms with Gasteiger partial charge in [0.2, 0.25) is 5.41 Å². The molecule has 10 heteroatoms. The first kappa shape index (κ1) is 18.6. The summed E-state index contributed by atoms with van der Waals surface area (Å²) in [7, 11) is 0. The summed E-state index contributed by atoms with van der Waals surface area (Å²) in [5, 5.41) is 19.4. The topological polar surface area (TPSA) is 92.5 Å². The fourth-order valence-electron chi connectivity index (χ4n) is 2.59. The highest BCUT2D eigenvalue weighted by molar-refractivity contribution is 5.63. The largest absolute Gasteiger partial charge is 0.506 e. The molecule has 2 aromatic rings. The molecule has 0 saturated heterocycles. The highest BCUT2D eigenvalue weighted by Crippen LogP contribution is 2.59. The predicted octanol–water partition coefficient (Wildman–Crippen LogP) is 3.67. The number of aromatic hydroxyl groups is 2. The average molecular weight is 366 g/mol. The van der Waals surface area contributed by atoms with Gasteiger partial charge >= 0.3 is 12.4 Å². The number of nitrogen functional groups attached to an aromatic ring is 2. The van der Waals surface area contributed by atoms with Gasteiger partial charge < -0.3 is 21.7 Å². The van der Waals surface area contributed by atoms with E-state index in [2.05, 4.69) is 0 Å². The second kappa shape index (κ2) is 5.64. The van der Waals surface area contributed by atoms with E-state index in [1.165, 1.54) is 0 Å². The van der Waals surface area contributed by atoms with Crippen molar-refractivity contribution in [2.24, 2.45) is 0 Å². The van der Waals surface area contributed by atoms with Crippen LogP contribution in [0.15, 0.2) is 36.4 Å². The average Bonchev–Trinajstić information content (AvgIpc) is 2.45. The summed E-state index contributed by atoms with van der Waals surface area (Å²) in [5.41, 5.74) is 2.00. The molecule has 0 unspecified atom stereocenters. The van der Waals surface area contributed by atoms with Gasteiger partial charge in [-0.3, -0.25) is 0 Å². The predicted molar refractivity (Wildman–Crippen MR) is 77.9 cm³/mol. The standard InChI is InChI=1S/C15H12F6N2O2/c16-14(17,18)13(15(19,20)21,7-4-5-9(22)11(24)6-7)8-2-1-3-10(23)12(8)25/h1-6,24-25H,22-23H2. The van der Waals surface area contributed by atoms with Crippen molar-refractivity contribution in [2.75, 3.05) is 11.5 Å². The molecule has 0 atom stereocenters. The third-order valence-corrected chi connectivity index (χ3v) is 3.79. The molecule has 0 radical (unpaired) electrons. The Balaban J connectivity index is 3.02. The van der Waals surface area contributed by atoms with Gasteiger partial charge in [-0.15, -0.1) is 0 Å². The van der Waals surface area contributed by atoms with Gasteiger partial charge in [0.1, 0.15) is 11.5 Å². The van der Waals surface area contributed by atoms with Crippen molar-refractivity contribution in [1.82, 2.24) is 0 Å². The Morgan fingerprint density at radius 2 is 1.32 bits per heavy atom. The first-order valence-electron chi connectivity index (χ1n) is 6.64. The summed E-state index contributed by atoms with van der Waals surface area (Å²) in [4.78, 5) is 0. The summed E-state index contributed by atoms with van der Waals surface area (Å²) in [6.45, 7) is 0. The van der Waals surface area contributed by atoms with Crippen molar-refractivity contribution in [1.29, 1.82) is 0 Å². The van der Waals surface area contributed by atoms with Gasteiger partial charge in [0.05, 0.1) is 11.4 Å². The van der Waals surface area contributed by atoms with E-state index >= 15 is 0 Å². The number of nitrogens with two attached hydrogens (primary N) is 2. The van der Waals surface area contributed by atoms with E-state index in [0.29, 0.717) is 18.2 Å². The van der Waals surface area contributed by atoms with Gasteiger partial charge in [-0.25, -0.2) is 0 Å². The third kappa shape index (κ3) is 2.67. The first-order chi connectivity index (χ1) is 11.3. The van der Waals surface area contributed by atoms with Gasteiger partial charge in [0, 0.05) is 5.56 Å². The van der Waals surface area contributed by atoms with E-state index in [4.69, 9.17) is 11.5 Å². The molecule has 0 aliphatic carbocycles. The Labute approximate surface area is 137 Å². The summed E-state index contributed by atoms with van der Waals surface area (Å²) in [6.07, 6.45) is -11.8. The van der Waals surface area contributed by atoms with Crippen LogP contribution in [-0.4, -0.2) is 22.6 Å². The molecule has 6 N–H and O–H groups in total. The van der Waals surface area contributed by atoms with Crippen molar-refractivity contribution in [3.05, 3.63) is 47.5 Å². The summed E-state index contributed by atoms with van der Waals surface area (Å²) in [5.74, 6) is -2.31. The maximum atomic E-state index is 13.8. The van der Waals surface area contributed by atoms with E-state index in [9.17, 15) is 36.6 Å². The molecule has 0 saturated carbocycles. The summed E-state index contributed by atoms with van der Waals surface area (Å²) in [6, 6.07) is 3.74. The van der Waals surface area contributed by atoms with E-state index in [1.807, 2.05) is 0 Å². The monoisotopic (exact) mass is 366 g/mol. The number of hydrogen-bond donors (Lipinski definition) is 4. The number of para-hydroxylation sites is 1. The molecule has 2 aromatic carbocycles. The van der Waals surface area contributed by atoms with Gasteiger partial charge in [0.25, 0.3) is 0 Å². The fraction of sp³-hybridized carbons (Fsp3) is 0.200. The van der Waals surface area contributed by atoms with Crippen molar-refractivity contribution in [3.8, 4) is 11.5 Å². The van der Waals surface area contributed by atoms with Gasteiger partial charge in [-0.05, 0) is 23.8 Å². The molecule has 4 nitrogen and oxygen atoms in total. The lowest BCUT2D eigenvalue weighted by molar-refractivity contribution is -0.289. The molecule has 0 bridgehead atoms. The first-order valence-corrected chi connectivity index (χ1v) is 6.64. The second-order valence-electron chi connectivity index (χ2n) is 5.26. The maximum absolute atomic E-state index is 13.8. The smallest absolute Gasteiger partial charge is 0.411 e. The molecule has 136 valence electrons. The molecule has 0 amide bonds. The molecule has 0 heterocycles. The zero-order valence-corrected chi connectivity index (χ0v) is 12.3. The zero-order valence-electron chi connectivity index (χ0n) is 12.3. The van der Waals surface area contributed by atoms with Crippen molar-refractivity contribution >= 4 is 11.4 Å². The molecular weight excluding hydrogens is 354 g/mol. The van der Waals surface area contributed by atoms with Crippen molar-refractivity contribution in [2.45, 2.75) is 17.8 Å². The van der Waals surface area contributed by atoms with E-state index in [1.54, 1.807) is 0 Å². The molecule has 0 aromatic heterocycles. The third-order valence-electron chi connectivity index (χ3n) is 3.79. The van der Waals surface area contributed by atoms with E-state index < -0.39 is 51.8 Å². The molecule has 0 fully saturated rings. The number of rotatable bonds is 2. The number of phenolic OH excluding ortho intramolecular Hbond substituents is 2. The quantitative estimate of drug-likeness (QED) is 0.371. The lowest BCUT2D eigenvalue weighted by atomic mass is 9.72. The van der Waals surface area contributed by atoms with Crippen molar-refractivity contribution < 1.29 is 36.6 Å². The van der Waals surface area contributed by atoms with Crippen LogP contribution in [-0.2, 0) is 5.41 Å². The van der Waals surface area contributed by atoms with Crippen LogP contribution in [0.2, 0.25) is 0 Å². The summed E-state index contributed by atoms with van der Waals surface area (Å²) >= 11 is 0. The number of anilines is 2. The molecule has 0 aliphatic heterocycles. The Morgan fingerprint density at radius 1 is 0.760 bits per heavy atom. The minimum absolute atomic E-state index is 0.263. The van der Waals surface area contributed by atoms with Gasteiger partial charge in [-0.2, -0.15) is 26.3 Å². The molecular formula is C15H12F6N2O2. The van der Waals surface area contributed by atoms with Crippen LogP contribution < -0.4 is 11.5 Å². The minimum Gasteiger partial charge on any atom is -0.506 e. The molecule has 25 heavy (non-hydrogen) atoms. The Morgan fingerprint density at radius 3 is 1.80 bits per heavy atom. The molecule has 2 rings (SSSR count). The minimum atomic E-state index is -5.92. The second-order valence-corrected chi connectivity index (χ2v) is 5.26. The number of benzene rings is 2.